The largest absolute Gasteiger partial charge is 0.495 e. The number of aromatic nitrogens is 1. The van der Waals surface area contributed by atoms with Gasteiger partial charge < -0.3 is 14.6 Å². The van der Waals surface area contributed by atoms with E-state index in [4.69, 9.17) is 4.74 Å². The van der Waals surface area contributed by atoms with E-state index < -0.39 is 0 Å². The first-order valence-electron chi connectivity index (χ1n) is 8.22. The lowest BCUT2D eigenvalue weighted by molar-refractivity contribution is 0.102. The average Bonchev–Trinajstić information content (AvgIpc) is 2.90. The summed E-state index contributed by atoms with van der Waals surface area (Å²) >= 11 is 0. The van der Waals surface area contributed by atoms with Crippen LogP contribution in [0.4, 0.5) is 5.69 Å². The van der Waals surface area contributed by atoms with Gasteiger partial charge in [0.2, 0.25) is 0 Å². The molecule has 0 bridgehead atoms. The zero-order valence-corrected chi connectivity index (χ0v) is 15.0. The summed E-state index contributed by atoms with van der Waals surface area (Å²) in [4.78, 5) is 12.8. The second-order valence-corrected chi connectivity index (χ2v) is 6.06. The highest BCUT2D eigenvalue weighted by atomic mass is 16.5. The number of nitrogens with zero attached hydrogens (tertiary/aromatic N) is 1. The molecule has 1 aromatic heterocycles. The van der Waals surface area contributed by atoms with Crippen LogP contribution in [0.3, 0.4) is 0 Å². The lowest BCUT2D eigenvalue weighted by Gasteiger charge is -2.13. The Balaban J connectivity index is 1.98. The zero-order chi connectivity index (χ0) is 18.0. The van der Waals surface area contributed by atoms with E-state index in [0.717, 1.165) is 17.1 Å². The molecular formula is C21H22N2O2. The van der Waals surface area contributed by atoms with E-state index in [1.807, 2.05) is 56.3 Å². The number of rotatable bonds is 4. The lowest BCUT2D eigenvalue weighted by atomic mass is 10.2. The molecule has 0 saturated carbocycles. The molecule has 128 valence electrons. The molecule has 25 heavy (non-hydrogen) atoms. The maximum Gasteiger partial charge on any atom is 0.257 e. The molecule has 4 nitrogen and oxygen atoms in total. The summed E-state index contributed by atoms with van der Waals surface area (Å²) in [6, 6.07) is 17.5. The van der Waals surface area contributed by atoms with Gasteiger partial charge in [-0.25, -0.2) is 0 Å². The predicted octanol–water partition coefficient (Wildman–Crippen LogP) is 4.66. The van der Waals surface area contributed by atoms with Crippen LogP contribution in [0.2, 0.25) is 0 Å². The van der Waals surface area contributed by atoms with Crippen molar-refractivity contribution in [3.05, 3.63) is 77.1 Å². The summed E-state index contributed by atoms with van der Waals surface area (Å²) < 4.78 is 7.42. The van der Waals surface area contributed by atoms with Crippen LogP contribution in [0.15, 0.2) is 54.6 Å². The van der Waals surface area contributed by atoms with Crippen molar-refractivity contribution in [3.8, 4) is 11.4 Å². The van der Waals surface area contributed by atoms with Crippen LogP contribution >= 0.6 is 0 Å². The summed E-state index contributed by atoms with van der Waals surface area (Å²) in [5.41, 5.74) is 5.52. The number of aryl methyl sites for hydroxylation is 2. The number of anilines is 1. The van der Waals surface area contributed by atoms with Crippen LogP contribution in [-0.4, -0.2) is 17.6 Å². The highest BCUT2D eigenvalue weighted by Gasteiger charge is 2.18. The van der Waals surface area contributed by atoms with Gasteiger partial charge in [0.15, 0.2) is 0 Å². The van der Waals surface area contributed by atoms with E-state index in [1.54, 1.807) is 7.11 Å². The third-order valence-corrected chi connectivity index (χ3v) is 4.39. The van der Waals surface area contributed by atoms with E-state index in [-0.39, 0.29) is 5.91 Å². The molecule has 0 aliphatic heterocycles. The molecule has 0 aliphatic rings. The molecular weight excluding hydrogens is 312 g/mol. The molecule has 4 heteroatoms. The van der Waals surface area contributed by atoms with E-state index in [9.17, 15) is 4.79 Å². The van der Waals surface area contributed by atoms with E-state index in [1.165, 1.54) is 5.56 Å². The second-order valence-electron chi connectivity index (χ2n) is 6.06. The number of hydrogen-bond donors (Lipinski definition) is 1. The number of carbonyl (C=O) groups is 1. The van der Waals surface area contributed by atoms with E-state index in [0.29, 0.717) is 17.0 Å². The Morgan fingerprint density at radius 3 is 2.40 bits per heavy atom. The van der Waals surface area contributed by atoms with Gasteiger partial charge in [0.1, 0.15) is 5.75 Å². The van der Waals surface area contributed by atoms with Gasteiger partial charge in [0, 0.05) is 17.1 Å². The van der Waals surface area contributed by atoms with Crippen LogP contribution in [0.1, 0.15) is 27.3 Å². The predicted molar refractivity (Wildman–Crippen MR) is 101 cm³/mol. The molecule has 1 N–H and O–H groups in total. The normalized spacial score (nSPS) is 10.6. The van der Waals surface area contributed by atoms with Crippen LogP contribution in [0, 0.1) is 20.8 Å². The molecule has 0 atom stereocenters. The third-order valence-electron chi connectivity index (χ3n) is 4.39. The Hall–Kier alpha value is -3.01. The van der Waals surface area contributed by atoms with Crippen molar-refractivity contribution in [3.63, 3.8) is 0 Å². The van der Waals surface area contributed by atoms with Crippen molar-refractivity contribution in [2.24, 2.45) is 0 Å². The molecule has 2 aromatic carbocycles. The molecule has 0 unspecified atom stereocenters. The Morgan fingerprint density at radius 2 is 1.68 bits per heavy atom. The number of nitrogens with one attached hydrogen (secondary N) is 1. The molecule has 1 heterocycles. The number of amides is 1. The summed E-state index contributed by atoms with van der Waals surface area (Å²) in [5.74, 6) is 0.501. The topological polar surface area (TPSA) is 43.3 Å². The summed E-state index contributed by atoms with van der Waals surface area (Å²) in [7, 11) is 1.59. The number of ether oxygens (including phenoxy) is 1. The third kappa shape index (κ3) is 3.15. The minimum atomic E-state index is -0.141. The average molecular weight is 334 g/mol. The zero-order valence-electron chi connectivity index (χ0n) is 15.0. The van der Waals surface area contributed by atoms with Crippen LogP contribution in [0.25, 0.3) is 5.69 Å². The maximum absolute atomic E-state index is 12.8. The summed E-state index contributed by atoms with van der Waals surface area (Å²) in [6.07, 6.45) is 0. The number of methoxy groups -OCH3 is 1. The molecule has 3 rings (SSSR count). The van der Waals surface area contributed by atoms with Gasteiger partial charge in [-0.1, -0.05) is 30.3 Å². The van der Waals surface area contributed by atoms with Crippen molar-refractivity contribution >= 4 is 11.6 Å². The van der Waals surface area contributed by atoms with Gasteiger partial charge in [-0.2, -0.15) is 0 Å². The molecule has 1 amide bonds. The SMILES string of the molecule is COc1ccccc1NC(=O)c1cc(C)n(-c2ccccc2C)c1C. The number of hydrogen-bond acceptors (Lipinski definition) is 2. The molecule has 0 saturated heterocycles. The fraction of sp³-hybridized carbons (Fsp3) is 0.190. The lowest BCUT2D eigenvalue weighted by Crippen LogP contribution is -2.14. The van der Waals surface area contributed by atoms with E-state index in [2.05, 4.69) is 28.9 Å². The standard InChI is InChI=1S/C21H22N2O2/c1-14-9-5-7-11-19(14)23-15(2)13-17(16(23)3)21(24)22-18-10-6-8-12-20(18)25-4/h5-13H,1-4H3,(H,22,24). The first-order chi connectivity index (χ1) is 12.0. The first kappa shape index (κ1) is 16.8. The minimum absolute atomic E-state index is 0.141. The van der Waals surface area contributed by atoms with Crippen molar-refractivity contribution in [1.29, 1.82) is 0 Å². The molecule has 0 aliphatic carbocycles. The Bertz CT molecular complexity index is 925. The van der Waals surface area contributed by atoms with Gasteiger partial charge in [-0.15, -0.1) is 0 Å². The van der Waals surface area contributed by atoms with Gasteiger partial charge >= 0.3 is 0 Å². The minimum Gasteiger partial charge on any atom is -0.495 e. The number of para-hydroxylation sites is 3. The maximum atomic E-state index is 12.8. The highest BCUT2D eigenvalue weighted by molar-refractivity contribution is 6.06. The number of benzene rings is 2. The summed E-state index contributed by atoms with van der Waals surface area (Å²) in [6.45, 7) is 6.05. The van der Waals surface area contributed by atoms with E-state index >= 15 is 0 Å². The fourth-order valence-electron chi connectivity index (χ4n) is 3.12. The quantitative estimate of drug-likeness (QED) is 0.754. The summed E-state index contributed by atoms with van der Waals surface area (Å²) in [5, 5.41) is 2.95. The van der Waals surface area contributed by atoms with Crippen LogP contribution < -0.4 is 10.1 Å². The van der Waals surface area contributed by atoms with Crippen molar-refractivity contribution in [1.82, 2.24) is 4.57 Å². The molecule has 0 spiro atoms. The van der Waals surface area contributed by atoms with Gasteiger partial charge in [0.05, 0.1) is 18.4 Å². The fourth-order valence-corrected chi connectivity index (χ4v) is 3.12. The Labute approximate surface area is 148 Å². The second kappa shape index (κ2) is 6.85. The molecule has 0 fully saturated rings. The van der Waals surface area contributed by atoms with Crippen molar-refractivity contribution in [2.45, 2.75) is 20.8 Å². The smallest absolute Gasteiger partial charge is 0.257 e. The molecule has 3 aromatic rings. The molecule has 0 radical (unpaired) electrons. The van der Waals surface area contributed by atoms with Crippen LogP contribution in [0.5, 0.6) is 5.75 Å². The monoisotopic (exact) mass is 334 g/mol. The van der Waals surface area contributed by atoms with Gasteiger partial charge in [-0.05, 0) is 50.6 Å². The highest BCUT2D eigenvalue weighted by Crippen LogP contribution is 2.26. The Morgan fingerprint density at radius 1 is 1.00 bits per heavy atom. The van der Waals surface area contributed by atoms with Crippen LogP contribution in [-0.2, 0) is 0 Å². The Kier molecular flexibility index (Phi) is 4.61. The van der Waals surface area contributed by atoms with Gasteiger partial charge in [0.25, 0.3) is 5.91 Å². The number of carbonyl (C=O) groups excluding carboxylic acids is 1. The first-order valence-corrected chi connectivity index (χ1v) is 8.22. The van der Waals surface area contributed by atoms with Crippen molar-refractivity contribution in [2.75, 3.05) is 12.4 Å². The van der Waals surface area contributed by atoms with Gasteiger partial charge in [-0.3, -0.25) is 4.79 Å². The van der Waals surface area contributed by atoms with Crippen molar-refractivity contribution < 1.29 is 9.53 Å².